The van der Waals surface area contributed by atoms with Crippen molar-refractivity contribution in [2.24, 2.45) is 23.2 Å². The first-order valence-corrected chi connectivity index (χ1v) is 10.5. The average Bonchev–Trinajstić information content (AvgIpc) is 3.45. The van der Waals surface area contributed by atoms with Crippen molar-refractivity contribution in [2.75, 3.05) is 6.61 Å². The van der Waals surface area contributed by atoms with Crippen molar-refractivity contribution < 1.29 is 19.0 Å². The molecule has 4 nitrogen and oxygen atoms in total. The van der Waals surface area contributed by atoms with Crippen molar-refractivity contribution in [1.29, 1.82) is 0 Å². The zero-order chi connectivity index (χ0) is 18.5. The number of rotatable bonds is 7. The molecule has 146 valence electrons. The molecule has 1 saturated heterocycles. The van der Waals surface area contributed by atoms with Crippen LogP contribution >= 0.6 is 0 Å². The van der Waals surface area contributed by atoms with E-state index in [1.54, 1.807) is 0 Å². The highest BCUT2D eigenvalue weighted by Crippen LogP contribution is 2.62. The van der Waals surface area contributed by atoms with E-state index < -0.39 is 0 Å². The van der Waals surface area contributed by atoms with Crippen molar-refractivity contribution in [3.63, 3.8) is 0 Å². The van der Waals surface area contributed by atoms with Crippen molar-refractivity contribution >= 4 is 5.97 Å². The highest BCUT2D eigenvalue weighted by molar-refractivity contribution is 5.72. The van der Waals surface area contributed by atoms with E-state index in [9.17, 15) is 4.79 Å². The van der Waals surface area contributed by atoms with Gasteiger partial charge >= 0.3 is 5.97 Å². The Morgan fingerprint density at radius 3 is 2.73 bits per heavy atom. The third-order valence-corrected chi connectivity index (χ3v) is 7.60. The predicted molar refractivity (Wildman–Crippen MR) is 99.4 cm³/mol. The summed E-state index contributed by atoms with van der Waals surface area (Å²) >= 11 is 0. The summed E-state index contributed by atoms with van der Waals surface area (Å²) in [5.41, 5.74) is 0.676. The van der Waals surface area contributed by atoms with Crippen LogP contribution in [-0.2, 0) is 19.0 Å². The smallest absolute Gasteiger partial charge is 0.308 e. The molecule has 4 fully saturated rings. The lowest BCUT2D eigenvalue weighted by Gasteiger charge is -2.27. The monoisotopic (exact) mass is 362 g/mol. The molecule has 4 rings (SSSR count). The number of carbonyl (C=O) groups excluding carboxylic acids is 1. The normalized spacial score (nSPS) is 44.3. The Hall–Kier alpha value is -1.03. The van der Waals surface area contributed by atoms with E-state index in [4.69, 9.17) is 14.2 Å². The van der Waals surface area contributed by atoms with E-state index in [1.807, 2.05) is 6.92 Å². The van der Waals surface area contributed by atoms with Gasteiger partial charge in [0.15, 0.2) is 0 Å². The Bertz CT molecular complexity index is 587. The lowest BCUT2D eigenvalue weighted by atomic mass is 9.82. The number of fused-ring (bicyclic) bond motifs is 2. The van der Waals surface area contributed by atoms with Gasteiger partial charge in [0.05, 0.1) is 36.1 Å². The second kappa shape index (κ2) is 6.54. The van der Waals surface area contributed by atoms with Crippen molar-refractivity contribution in [2.45, 2.75) is 89.9 Å². The van der Waals surface area contributed by atoms with E-state index >= 15 is 0 Å². The Labute approximate surface area is 157 Å². The maximum Gasteiger partial charge on any atom is 0.308 e. The lowest BCUT2D eigenvalue weighted by molar-refractivity contribution is -0.150. The molecule has 0 aromatic carbocycles. The summed E-state index contributed by atoms with van der Waals surface area (Å²) in [6.45, 7) is 11.2. The number of allylic oxidation sites excluding steroid dienone is 1. The standard InChI is InChI=1S/C22H34O4/c1-14(25-15(2)16-6-9-22(4)19(12-16)26-22)7-10-24-20(23)17-5-8-21(3)13-18(21)11-17/h14,16-19H,2,5-13H2,1,3-4H3. The lowest BCUT2D eigenvalue weighted by Crippen LogP contribution is -2.26. The van der Waals surface area contributed by atoms with Gasteiger partial charge in [-0.2, -0.15) is 0 Å². The Morgan fingerprint density at radius 1 is 1.23 bits per heavy atom. The second-order valence-electron chi connectivity index (χ2n) is 9.77. The molecule has 4 aliphatic rings. The molecule has 3 aliphatic carbocycles. The molecule has 0 aromatic heterocycles. The van der Waals surface area contributed by atoms with E-state index in [0.29, 0.717) is 24.0 Å². The van der Waals surface area contributed by atoms with Gasteiger partial charge in [-0.3, -0.25) is 4.79 Å². The maximum atomic E-state index is 12.3. The van der Waals surface area contributed by atoms with Crippen LogP contribution in [0.3, 0.4) is 0 Å². The summed E-state index contributed by atoms with van der Waals surface area (Å²) in [6.07, 6.45) is 8.87. The van der Waals surface area contributed by atoms with Gasteiger partial charge in [0.25, 0.3) is 0 Å². The largest absolute Gasteiger partial charge is 0.495 e. The molecule has 0 bridgehead atoms. The number of hydrogen-bond donors (Lipinski definition) is 0. The Morgan fingerprint density at radius 2 is 2.00 bits per heavy atom. The molecule has 0 aromatic rings. The van der Waals surface area contributed by atoms with Crippen LogP contribution in [-0.4, -0.2) is 30.4 Å². The Kier molecular flexibility index (Phi) is 4.61. The van der Waals surface area contributed by atoms with Crippen LogP contribution in [0, 0.1) is 23.2 Å². The van der Waals surface area contributed by atoms with E-state index in [0.717, 1.165) is 50.2 Å². The first kappa shape index (κ1) is 18.3. The van der Waals surface area contributed by atoms with Crippen LogP contribution in [0.15, 0.2) is 12.3 Å². The molecule has 0 spiro atoms. The predicted octanol–water partition coefficient (Wildman–Crippen LogP) is 4.62. The summed E-state index contributed by atoms with van der Waals surface area (Å²) in [6, 6.07) is 0. The second-order valence-corrected chi connectivity index (χ2v) is 9.77. The third kappa shape index (κ3) is 3.67. The number of esters is 1. The van der Waals surface area contributed by atoms with Crippen molar-refractivity contribution in [3.8, 4) is 0 Å². The zero-order valence-corrected chi connectivity index (χ0v) is 16.6. The van der Waals surface area contributed by atoms with Crippen molar-refractivity contribution in [3.05, 3.63) is 12.3 Å². The van der Waals surface area contributed by atoms with Gasteiger partial charge in [0.1, 0.15) is 0 Å². The summed E-state index contributed by atoms with van der Waals surface area (Å²) in [5, 5.41) is 0. The van der Waals surface area contributed by atoms with Gasteiger partial charge in [-0.25, -0.2) is 0 Å². The summed E-state index contributed by atoms with van der Waals surface area (Å²) in [5.74, 6) is 2.16. The minimum absolute atomic E-state index is 0.00225. The quantitative estimate of drug-likeness (QED) is 0.377. The molecule has 26 heavy (non-hydrogen) atoms. The first-order valence-electron chi connectivity index (χ1n) is 10.5. The van der Waals surface area contributed by atoms with Gasteiger partial charge in [-0.05, 0) is 70.1 Å². The first-order chi connectivity index (χ1) is 12.3. The van der Waals surface area contributed by atoms with Crippen LogP contribution in [0.2, 0.25) is 0 Å². The molecular weight excluding hydrogens is 328 g/mol. The van der Waals surface area contributed by atoms with Gasteiger partial charge in [-0.15, -0.1) is 0 Å². The fourth-order valence-electron chi connectivity index (χ4n) is 5.15. The fraction of sp³-hybridized carbons (Fsp3) is 0.864. The van der Waals surface area contributed by atoms with E-state index in [2.05, 4.69) is 20.4 Å². The van der Waals surface area contributed by atoms with Crippen LogP contribution < -0.4 is 0 Å². The molecule has 0 radical (unpaired) electrons. The van der Waals surface area contributed by atoms with E-state index in [1.165, 1.54) is 12.8 Å². The molecule has 0 amide bonds. The maximum absolute atomic E-state index is 12.3. The zero-order valence-electron chi connectivity index (χ0n) is 16.6. The Balaban J connectivity index is 1.12. The van der Waals surface area contributed by atoms with Crippen LogP contribution in [0.1, 0.15) is 72.1 Å². The molecule has 7 atom stereocenters. The molecule has 0 N–H and O–H groups in total. The SMILES string of the molecule is C=C(OC(C)CCOC(=O)C1CCC2(C)CC2C1)C1CCC2(C)OC2C1. The minimum atomic E-state index is 0.00225. The van der Waals surface area contributed by atoms with Crippen molar-refractivity contribution in [1.82, 2.24) is 0 Å². The highest BCUT2D eigenvalue weighted by atomic mass is 16.6. The molecule has 1 heterocycles. The number of ether oxygens (including phenoxy) is 3. The van der Waals surface area contributed by atoms with Crippen LogP contribution in [0.25, 0.3) is 0 Å². The van der Waals surface area contributed by atoms with Gasteiger partial charge in [-0.1, -0.05) is 13.5 Å². The van der Waals surface area contributed by atoms with Crippen LogP contribution in [0.5, 0.6) is 0 Å². The number of epoxide rings is 1. The number of carbonyl (C=O) groups is 1. The van der Waals surface area contributed by atoms with Gasteiger partial charge < -0.3 is 14.2 Å². The summed E-state index contributed by atoms with van der Waals surface area (Å²) in [4.78, 5) is 12.3. The highest BCUT2D eigenvalue weighted by Gasteiger charge is 2.56. The van der Waals surface area contributed by atoms with E-state index in [-0.39, 0.29) is 23.6 Å². The molecule has 4 heteroatoms. The third-order valence-electron chi connectivity index (χ3n) is 7.60. The number of hydrogen-bond acceptors (Lipinski definition) is 4. The molecule has 7 unspecified atom stereocenters. The summed E-state index contributed by atoms with van der Waals surface area (Å²) < 4.78 is 17.3. The molecule has 3 saturated carbocycles. The van der Waals surface area contributed by atoms with Gasteiger partial charge in [0.2, 0.25) is 0 Å². The topological polar surface area (TPSA) is 48.1 Å². The fourth-order valence-corrected chi connectivity index (χ4v) is 5.15. The molecular formula is C22H34O4. The molecule has 1 aliphatic heterocycles. The average molecular weight is 363 g/mol. The summed E-state index contributed by atoms with van der Waals surface area (Å²) in [7, 11) is 0. The minimum Gasteiger partial charge on any atom is -0.495 e. The van der Waals surface area contributed by atoms with Gasteiger partial charge in [0, 0.05) is 12.3 Å². The van der Waals surface area contributed by atoms with Crippen LogP contribution in [0.4, 0.5) is 0 Å².